The number of primary amides is 1. The first-order chi connectivity index (χ1) is 15.2. The molecule has 0 unspecified atom stereocenters. The molecule has 0 saturated heterocycles. The van der Waals surface area contributed by atoms with Crippen molar-refractivity contribution in [3.05, 3.63) is 45.2 Å². The Morgan fingerprint density at radius 3 is 2.33 bits per heavy atom. The van der Waals surface area contributed by atoms with Gasteiger partial charge in [-0.1, -0.05) is 11.6 Å². The number of hydrogen-bond acceptors (Lipinski definition) is 9. The van der Waals surface area contributed by atoms with Gasteiger partial charge in [0.25, 0.3) is 5.91 Å². The Kier molecular flexibility index (Phi) is 4.96. The number of aliphatic hydroxyl groups excluding tert-OH is 2. The Morgan fingerprint density at radius 1 is 1.18 bits per heavy atom. The van der Waals surface area contributed by atoms with Gasteiger partial charge in [0.05, 0.1) is 17.2 Å². The second kappa shape index (κ2) is 7.04. The maximum Gasteiger partial charge on any atom is 0.255 e. The van der Waals surface area contributed by atoms with Crippen LogP contribution in [0.25, 0.3) is 5.76 Å². The van der Waals surface area contributed by atoms with Crippen LogP contribution in [-0.4, -0.2) is 73.6 Å². The minimum Gasteiger partial charge on any atom is -0.508 e. The molecule has 0 aromatic heterocycles. The number of Topliss-reactive ketones (excluding diaryl/α,β-unsaturated/α-hetero) is 2. The Morgan fingerprint density at radius 2 is 1.79 bits per heavy atom. The third-order valence-corrected chi connectivity index (χ3v) is 7.39. The van der Waals surface area contributed by atoms with Gasteiger partial charge in [-0.3, -0.25) is 19.3 Å². The molecule has 3 aliphatic carbocycles. The van der Waals surface area contributed by atoms with Gasteiger partial charge >= 0.3 is 0 Å². The van der Waals surface area contributed by atoms with E-state index in [1.54, 1.807) is 0 Å². The van der Waals surface area contributed by atoms with E-state index in [9.17, 15) is 39.9 Å². The number of phenols is 1. The third-order valence-electron chi connectivity index (χ3n) is 7.07. The second-order valence-corrected chi connectivity index (χ2v) is 9.48. The number of rotatable bonds is 2. The van der Waals surface area contributed by atoms with Crippen molar-refractivity contribution in [2.45, 2.75) is 30.6 Å². The zero-order valence-corrected chi connectivity index (χ0v) is 18.7. The van der Waals surface area contributed by atoms with Crippen molar-refractivity contribution in [2.75, 3.05) is 14.1 Å². The lowest BCUT2D eigenvalue weighted by molar-refractivity contribution is -0.159. The summed E-state index contributed by atoms with van der Waals surface area (Å²) in [6, 6.07) is 1.24. The average molecular weight is 479 g/mol. The molecule has 11 heteroatoms. The molecule has 1 aromatic carbocycles. The van der Waals surface area contributed by atoms with Crippen molar-refractivity contribution in [3.8, 4) is 5.75 Å². The summed E-state index contributed by atoms with van der Waals surface area (Å²) < 4.78 is 0. The number of fused-ring (bicyclic) bond motifs is 3. The predicted octanol–water partition coefficient (Wildman–Crippen LogP) is 0.282. The molecule has 1 aromatic rings. The molecule has 1 saturated carbocycles. The number of ketones is 2. The van der Waals surface area contributed by atoms with Crippen LogP contribution in [0.2, 0.25) is 5.02 Å². The summed E-state index contributed by atoms with van der Waals surface area (Å²) in [7, 11) is 2.97. The van der Waals surface area contributed by atoms with Gasteiger partial charge in [-0.2, -0.15) is 0 Å². The summed E-state index contributed by atoms with van der Waals surface area (Å²) in [4.78, 5) is 40.1. The number of amides is 1. The fourth-order valence-corrected chi connectivity index (χ4v) is 5.93. The molecular formula is C22H23ClN2O8. The topological polar surface area (TPSA) is 182 Å². The zero-order valence-electron chi connectivity index (χ0n) is 18.0. The first-order valence-corrected chi connectivity index (χ1v) is 10.5. The van der Waals surface area contributed by atoms with Crippen LogP contribution in [-0.2, 0) is 20.0 Å². The minimum atomic E-state index is -2.78. The monoisotopic (exact) mass is 478 g/mol. The van der Waals surface area contributed by atoms with E-state index in [1.165, 1.54) is 38.1 Å². The van der Waals surface area contributed by atoms with Gasteiger partial charge < -0.3 is 31.3 Å². The molecule has 7 N–H and O–H groups in total. The van der Waals surface area contributed by atoms with E-state index in [0.717, 1.165) is 0 Å². The van der Waals surface area contributed by atoms with Crippen molar-refractivity contribution in [1.29, 1.82) is 0 Å². The highest BCUT2D eigenvalue weighted by molar-refractivity contribution is 6.32. The first kappa shape index (κ1) is 23.2. The number of nitrogens with two attached hydrogens (primary N) is 1. The number of aromatic hydroxyl groups is 1. The molecule has 0 spiro atoms. The molecule has 0 heterocycles. The molecule has 1 fully saturated rings. The van der Waals surface area contributed by atoms with Crippen molar-refractivity contribution in [1.82, 2.24) is 4.90 Å². The number of aliphatic hydroxyl groups is 4. The molecule has 0 aliphatic heterocycles. The fraction of sp³-hybridized carbons (Fsp3) is 0.409. The van der Waals surface area contributed by atoms with Crippen LogP contribution >= 0.6 is 11.6 Å². The average Bonchev–Trinajstić information content (AvgIpc) is 2.69. The Labute approximate surface area is 193 Å². The van der Waals surface area contributed by atoms with Gasteiger partial charge in [0.1, 0.15) is 22.8 Å². The van der Waals surface area contributed by atoms with Crippen LogP contribution in [0.1, 0.15) is 24.5 Å². The van der Waals surface area contributed by atoms with Gasteiger partial charge in [-0.25, -0.2) is 0 Å². The summed E-state index contributed by atoms with van der Waals surface area (Å²) in [5.41, 5.74) is -1.10. The van der Waals surface area contributed by atoms with Gasteiger partial charge in [0.15, 0.2) is 11.4 Å². The maximum atomic E-state index is 13.7. The summed E-state index contributed by atoms with van der Waals surface area (Å²) >= 11 is 6.28. The zero-order chi connectivity index (χ0) is 24.8. The smallest absolute Gasteiger partial charge is 0.255 e. The van der Waals surface area contributed by atoms with Crippen LogP contribution in [0.4, 0.5) is 0 Å². The van der Waals surface area contributed by atoms with Crippen molar-refractivity contribution < 1.29 is 39.9 Å². The molecule has 0 bridgehead atoms. The van der Waals surface area contributed by atoms with Gasteiger partial charge in [0.2, 0.25) is 5.78 Å². The van der Waals surface area contributed by atoms with Crippen LogP contribution in [0.5, 0.6) is 5.75 Å². The van der Waals surface area contributed by atoms with Crippen LogP contribution < -0.4 is 5.73 Å². The predicted molar refractivity (Wildman–Crippen MR) is 115 cm³/mol. The van der Waals surface area contributed by atoms with Crippen molar-refractivity contribution >= 4 is 34.8 Å². The number of benzene rings is 1. The largest absolute Gasteiger partial charge is 0.508 e. The van der Waals surface area contributed by atoms with Gasteiger partial charge in [-0.15, -0.1) is 0 Å². The van der Waals surface area contributed by atoms with Crippen LogP contribution in [0.3, 0.4) is 0 Å². The molecule has 176 valence electrons. The SMILES string of the molecule is CN(C)[C@@H]1C(=O)C(C(N)=O)=C(O)[C@]2(O)C(=O)C3=C(O)c4c(O)ccc(Cl)c4[C@@](C)(O)[C@H]3C[C@@H]12. The lowest BCUT2D eigenvalue weighted by Crippen LogP contribution is -2.67. The molecule has 5 atom stereocenters. The van der Waals surface area contributed by atoms with E-state index in [0.29, 0.717) is 0 Å². The van der Waals surface area contributed by atoms with Crippen LogP contribution in [0, 0.1) is 11.8 Å². The number of halogens is 1. The highest BCUT2D eigenvalue weighted by Gasteiger charge is 2.66. The summed E-state index contributed by atoms with van der Waals surface area (Å²) in [6.45, 7) is 1.34. The lowest BCUT2D eigenvalue weighted by atomic mass is 9.54. The molecule has 0 radical (unpaired) electrons. The maximum absolute atomic E-state index is 13.7. The Hall–Kier alpha value is -2.92. The van der Waals surface area contributed by atoms with E-state index >= 15 is 0 Å². The number of carbonyl (C=O) groups excluding carboxylic acids is 3. The molecule has 10 nitrogen and oxygen atoms in total. The molecule has 3 aliphatic rings. The molecular weight excluding hydrogens is 456 g/mol. The highest BCUT2D eigenvalue weighted by atomic mass is 35.5. The van der Waals surface area contributed by atoms with E-state index in [4.69, 9.17) is 17.3 Å². The van der Waals surface area contributed by atoms with Crippen molar-refractivity contribution in [3.63, 3.8) is 0 Å². The van der Waals surface area contributed by atoms with Gasteiger partial charge in [-0.05, 0) is 39.6 Å². The van der Waals surface area contributed by atoms with Gasteiger partial charge in [0, 0.05) is 28.0 Å². The Bertz CT molecular complexity index is 1200. The van der Waals surface area contributed by atoms with E-state index in [1.807, 2.05) is 0 Å². The quantitative estimate of drug-likeness (QED) is 0.325. The number of nitrogens with zero attached hydrogens (tertiary/aromatic N) is 1. The van der Waals surface area contributed by atoms with E-state index < -0.39 is 75.0 Å². The summed E-state index contributed by atoms with van der Waals surface area (Å²) in [5, 5.41) is 55.2. The molecule has 33 heavy (non-hydrogen) atoms. The standard InChI is InChI=1S/C22H23ClN2O8/c1-21(32)7-6-8-15(25(2)3)17(28)13(20(24)31)19(30)22(8,33)18(29)11(7)16(27)12-10(26)5-4-9(23)14(12)21/h4-5,7-8,15,26-27,30,32-33H,6H2,1-3H3,(H2,24,31)/t7-,8-,15-,21-,22+/m0/s1. The first-order valence-electron chi connectivity index (χ1n) is 10.1. The molecule has 1 amide bonds. The van der Waals surface area contributed by atoms with E-state index in [-0.39, 0.29) is 22.6 Å². The minimum absolute atomic E-state index is 0.0187. The summed E-state index contributed by atoms with van der Waals surface area (Å²) in [5.74, 6) is -8.30. The summed E-state index contributed by atoms with van der Waals surface area (Å²) in [6.07, 6.45) is -0.259. The Balaban J connectivity index is 2.07. The number of carbonyl (C=O) groups is 3. The third kappa shape index (κ3) is 2.75. The van der Waals surface area contributed by atoms with Crippen LogP contribution in [0.15, 0.2) is 29.0 Å². The second-order valence-electron chi connectivity index (χ2n) is 9.08. The lowest BCUT2D eigenvalue weighted by Gasteiger charge is -2.53. The van der Waals surface area contributed by atoms with E-state index in [2.05, 4.69) is 0 Å². The number of phenolic OH excluding ortho intramolecular Hbond substituents is 1. The normalized spacial score (nSPS) is 33.7. The number of hydrogen-bond donors (Lipinski definition) is 6. The fourth-order valence-electron chi connectivity index (χ4n) is 5.58. The molecule has 4 rings (SSSR count). The van der Waals surface area contributed by atoms with Crippen molar-refractivity contribution in [2.24, 2.45) is 17.6 Å². The highest BCUT2D eigenvalue weighted by Crippen LogP contribution is 2.58. The number of likely N-dealkylation sites (N-methyl/N-ethyl adjacent to an activating group) is 1.